The molecule has 0 saturated heterocycles. The maximum atomic E-state index is 6.34. The van der Waals surface area contributed by atoms with Crippen molar-refractivity contribution in [2.75, 3.05) is 13.2 Å². The van der Waals surface area contributed by atoms with Crippen molar-refractivity contribution in [3.05, 3.63) is 56.6 Å². The van der Waals surface area contributed by atoms with Crippen molar-refractivity contribution in [1.82, 2.24) is 0 Å². The number of aliphatic imine (C=N–C) groups is 2. The van der Waals surface area contributed by atoms with E-state index in [1.165, 1.54) is 0 Å². The summed E-state index contributed by atoms with van der Waals surface area (Å²) in [6.45, 7) is 23.0. The van der Waals surface area contributed by atoms with Gasteiger partial charge in [-0.15, -0.1) is 0 Å². The lowest BCUT2D eigenvalue weighted by Gasteiger charge is -2.19. The Bertz CT molecular complexity index is 1030. The van der Waals surface area contributed by atoms with Crippen molar-refractivity contribution in [3.8, 4) is 0 Å². The van der Waals surface area contributed by atoms with E-state index >= 15 is 0 Å². The number of nitrogens with zero attached hydrogens (tertiary/aromatic N) is 2. The van der Waals surface area contributed by atoms with Crippen LogP contribution < -0.4 is 0 Å². The molecule has 210 valence electrons. The van der Waals surface area contributed by atoms with Crippen LogP contribution in [0.2, 0.25) is 49.3 Å². The molecule has 0 fully saturated rings. The van der Waals surface area contributed by atoms with Gasteiger partial charge in [0.2, 0.25) is 0 Å². The van der Waals surface area contributed by atoms with Crippen LogP contribution in [-0.4, -0.2) is 41.3 Å². The molecule has 0 N–H and O–H groups in total. The standard InChI is InChI=1S/C30H46Cl2N2O2Si2/c1-21-17-25(31)18-22(2)29(21)33-27(13-11-15-35-37(5,6)7)28(14-12-16-36-38(8,9)10)34-30-23(3)19-26(32)20-24(30)4/h17-20H,11-16H2,1-10H3. The molecule has 38 heavy (non-hydrogen) atoms. The van der Waals surface area contributed by atoms with E-state index in [4.69, 9.17) is 42.0 Å². The summed E-state index contributed by atoms with van der Waals surface area (Å²) in [5.74, 6) is 0. The second kappa shape index (κ2) is 14.4. The minimum absolute atomic E-state index is 0.721. The summed E-state index contributed by atoms with van der Waals surface area (Å²) in [4.78, 5) is 10.5. The molecule has 0 aliphatic rings. The van der Waals surface area contributed by atoms with Crippen molar-refractivity contribution in [1.29, 1.82) is 0 Å². The summed E-state index contributed by atoms with van der Waals surface area (Å²) in [5, 5.41) is 1.46. The lowest BCUT2D eigenvalue weighted by Crippen LogP contribution is -2.27. The first-order valence-corrected chi connectivity index (χ1v) is 21.1. The van der Waals surface area contributed by atoms with Crippen molar-refractivity contribution >= 4 is 62.6 Å². The first-order chi connectivity index (χ1) is 17.6. The molecule has 0 atom stereocenters. The van der Waals surface area contributed by atoms with Gasteiger partial charge in [0.25, 0.3) is 0 Å². The van der Waals surface area contributed by atoms with E-state index in [1.807, 2.05) is 24.3 Å². The zero-order chi connectivity index (χ0) is 28.7. The smallest absolute Gasteiger partial charge is 0.183 e. The molecule has 2 aromatic carbocycles. The Balaban J connectivity index is 2.57. The van der Waals surface area contributed by atoms with Gasteiger partial charge in [-0.05, 0) is 139 Å². The molecule has 2 aromatic rings. The zero-order valence-electron chi connectivity index (χ0n) is 25.0. The van der Waals surface area contributed by atoms with Crippen LogP contribution in [0.3, 0.4) is 0 Å². The van der Waals surface area contributed by atoms with E-state index in [2.05, 4.69) is 67.0 Å². The van der Waals surface area contributed by atoms with Crippen LogP contribution in [-0.2, 0) is 8.85 Å². The van der Waals surface area contributed by atoms with Crippen LogP contribution in [0.15, 0.2) is 34.3 Å². The van der Waals surface area contributed by atoms with E-state index in [0.717, 1.165) is 94.0 Å². The first kappa shape index (κ1) is 32.9. The summed E-state index contributed by atoms with van der Waals surface area (Å²) < 4.78 is 12.4. The Labute approximate surface area is 243 Å². The predicted molar refractivity (Wildman–Crippen MR) is 173 cm³/mol. The summed E-state index contributed by atoms with van der Waals surface area (Å²) in [5.41, 5.74) is 8.17. The Morgan fingerprint density at radius 2 is 0.895 bits per heavy atom. The molecule has 0 radical (unpaired) electrons. The average Bonchev–Trinajstić information content (AvgIpc) is 2.74. The number of rotatable bonds is 13. The minimum Gasteiger partial charge on any atom is -0.418 e. The van der Waals surface area contributed by atoms with E-state index < -0.39 is 16.6 Å². The molecule has 0 aromatic heterocycles. The van der Waals surface area contributed by atoms with Crippen molar-refractivity contribution in [2.24, 2.45) is 9.98 Å². The highest BCUT2D eigenvalue weighted by Crippen LogP contribution is 2.31. The number of hydrogen-bond donors (Lipinski definition) is 0. The van der Waals surface area contributed by atoms with Crippen LogP contribution in [0.4, 0.5) is 11.4 Å². The number of hydrogen-bond acceptors (Lipinski definition) is 4. The third kappa shape index (κ3) is 11.4. The van der Waals surface area contributed by atoms with Gasteiger partial charge in [0.15, 0.2) is 16.6 Å². The highest BCUT2D eigenvalue weighted by molar-refractivity contribution is 6.70. The lowest BCUT2D eigenvalue weighted by molar-refractivity contribution is 0.306. The van der Waals surface area contributed by atoms with E-state index in [1.54, 1.807) is 0 Å². The third-order valence-electron chi connectivity index (χ3n) is 5.92. The summed E-state index contributed by atoms with van der Waals surface area (Å²) in [6, 6.07) is 7.91. The molecule has 0 unspecified atom stereocenters. The van der Waals surface area contributed by atoms with Crippen molar-refractivity contribution in [3.63, 3.8) is 0 Å². The highest BCUT2D eigenvalue weighted by atomic mass is 35.5. The van der Waals surface area contributed by atoms with Gasteiger partial charge in [-0.2, -0.15) is 0 Å². The second-order valence-corrected chi connectivity index (χ2v) is 21.9. The number of benzene rings is 2. The fourth-order valence-electron chi connectivity index (χ4n) is 4.19. The molecular weight excluding hydrogens is 547 g/mol. The SMILES string of the molecule is Cc1cc(Cl)cc(C)c1N=C(CCCO[Si](C)(C)C)C(CCCO[Si](C)(C)C)=Nc1c(C)cc(Cl)cc1C. The lowest BCUT2D eigenvalue weighted by atomic mass is 10.0. The quantitative estimate of drug-likeness (QED) is 0.132. The van der Waals surface area contributed by atoms with E-state index in [-0.39, 0.29) is 0 Å². The maximum absolute atomic E-state index is 6.34. The van der Waals surface area contributed by atoms with Crippen LogP contribution in [0.1, 0.15) is 47.9 Å². The molecule has 8 heteroatoms. The minimum atomic E-state index is -1.59. The van der Waals surface area contributed by atoms with E-state index in [0.29, 0.717) is 0 Å². The second-order valence-electron chi connectivity index (χ2n) is 12.0. The Hall–Kier alpha value is -1.29. The van der Waals surface area contributed by atoms with Crippen LogP contribution in [0.5, 0.6) is 0 Å². The Morgan fingerprint density at radius 3 is 1.16 bits per heavy atom. The van der Waals surface area contributed by atoms with Crippen LogP contribution in [0.25, 0.3) is 0 Å². The van der Waals surface area contributed by atoms with Gasteiger partial charge in [0, 0.05) is 23.3 Å². The van der Waals surface area contributed by atoms with Gasteiger partial charge in [-0.25, -0.2) is 0 Å². The molecule has 0 bridgehead atoms. The predicted octanol–water partition coefficient (Wildman–Crippen LogP) is 10.3. The van der Waals surface area contributed by atoms with Gasteiger partial charge >= 0.3 is 0 Å². The fraction of sp³-hybridized carbons (Fsp3) is 0.533. The largest absolute Gasteiger partial charge is 0.418 e. The molecule has 0 spiro atoms. The number of aryl methyl sites for hydroxylation is 4. The Morgan fingerprint density at radius 1 is 0.605 bits per heavy atom. The molecule has 2 rings (SSSR count). The van der Waals surface area contributed by atoms with Crippen molar-refractivity contribution < 1.29 is 8.85 Å². The topological polar surface area (TPSA) is 43.2 Å². The third-order valence-corrected chi connectivity index (χ3v) is 8.50. The van der Waals surface area contributed by atoms with Gasteiger partial charge in [-0.1, -0.05) is 23.2 Å². The molecule has 0 amide bonds. The van der Waals surface area contributed by atoms with Crippen LogP contribution >= 0.6 is 23.2 Å². The van der Waals surface area contributed by atoms with Gasteiger partial charge in [0.05, 0.1) is 22.8 Å². The highest BCUT2D eigenvalue weighted by Gasteiger charge is 2.18. The molecule has 0 saturated carbocycles. The zero-order valence-corrected chi connectivity index (χ0v) is 28.5. The van der Waals surface area contributed by atoms with Gasteiger partial charge in [0.1, 0.15) is 0 Å². The van der Waals surface area contributed by atoms with E-state index in [9.17, 15) is 0 Å². The average molecular weight is 594 g/mol. The summed E-state index contributed by atoms with van der Waals surface area (Å²) in [7, 11) is -3.18. The normalized spacial score (nSPS) is 13.4. The molecular formula is C30H46Cl2N2O2Si2. The molecule has 0 aliphatic heterocycles. The number of halogens is 2. The fourth-order valence-corrected chi connectivity index (χ4v) is 6.36. The van der Waals surface area contributed by atoms with Crippen molar-refractivity contribution in [2.45, 2.75) is 92.7 Å². The summed E-state index contributed by atoms with van der Waals surface area (Å²) in [6.07, 6.45) is 3.34. The summed E-state index contributed by atoms with van der Waals surface area (Å²) >= 11 is 12.7. The first-order valence-electron chi connectivity index (χ1n) is 13.5. The molecule has 0 aliphatic carbocycles. The molecule has 4 nitrogen and oxygen atoms in total. The molecule has 0 heterocycles. The monoisotopic (exact) mass is 592 g/mol. The van der Waals surface area contributed by atoms with Gasteiger partial charge < -0.3 is 8.85 Å². The van der Waals surface area contributed by atoms with Crippen LogP contribution in [0, 0.1) is 27.7 Å². The Kier molecular flexibility index (Phi) is 12.5. The van der Waals surface area contributed by atoms with Gasteiger partial charge in [-0.3, -0.25) is 9.98 Å². The maximum Gasteiger partial charge on any atom is 0.183 e.